The molecule has 0 heterocycles. The Bertz CT molecular complexity index is 478. The number of hydrogen-bond donors (Lipinski definition) is 3. The second-order valence-electron chi connectivity index (χ2n) is 3.51. The van der Waals surface area contributed by atoms with E-state index in [1.807, 2.05) is 30.3 Å². The Balaban J connectivity index is 2.48. The van der Waals surface area contributed by atoms with E-state index in [0.717, 1.165) is 11.1 Å². The van der Waals surface area contributed by atoms with Crippen molar-refractivity contribution in [2.24, 2.45) is 0 Å². The number of hydrogen-bond acceptors (Lipinski definition) is 3. The first-order valence-electron chi connectivity index (χ1n) is 4.93. The zero-order valence-electron chi connectivity index (χ0n) is 8.54. The maximum absolute atomic E-state index is 9.43. The number of aliphatic hydroxyl groups excluding tert-OH is 1. The minimum absolute atomic E-state index is 0.112. The van der Waals surface area contributed by atoms with Crippen LogP contribution in [-0.2, 0) is 0 Å². The van der Waals surface area contributed by atoms with Crippen LogP contribution >= 0.6 is 0 Å². The molecule has 0 aliphatic heterocycles. The molecule has 0 spiro atoms. The average Bonchev–Trinajstić information content (AvgIpc) is 2.30. The van der Waals surface area contributed by atoms with Crippen LogP contribution in [0.4, 0.5) is 0 Å². The van der Waals surface area contributed by atoms with Gasteiger partial charge in [-0.2, -0.15) is 0 Å². The van der Waals surface area contributed by atoms with Crippen molar-refractivity contribution >= 4 is 0 Å². The molecule has 0 fully saturated rings. The van der Waals surface area contributed by atoms with E-state index in [9.17, 15) is 5.11 Å². The van der Waals surface area contributed by atoms with E-state index in [4.69, 9.17) is 10.2 Å². The predicted molar refractivity (Wildman–Crippen MR) is 60.7 cm³/mol. The van der Waals surface area contributed by atoms with Gasteiger partial charge in [-0.1, -0.05) is 36.4 Å². The lowest BCUT2D eigenvalue weighted by Crippen LogP contribution is -1.95. The Morgan fingerprint density at radius 2 is 1.50 bits per heavy atom. The molecule has 0 amide bonds. The summed E-state index contributed by atoms with van der Waals surface area (Å²) in [6, 6.07) is 14.3. The van der Waals surface area contributed by atoms with Gasteiger partial charge in [0.25, 0.3) is 0 Å². The molecule has 0 atom stereocenters. The van der Waals surface area contributed by atoms with Gasteiger partial charge in [-0.25, -0.2) is 0 Å². The number of benzene rings is 2. The number of aromatic hydroxyl groups is 1. The normalized spacial score (nSPS) is 10.7. The third-order valence-electron chi connectivity index (χ3n) is 2.41. The van der Waals surface area contributed by atoms with Crippen LogP contribution in [0.1, 0.15) is 11.9 Å². The predicted octanol–water partition coefficient (Wildman–Crippen LogP) is 2.04. The van der Waals surface area contributed by atoms with Gasteiger partial charge in [-0.05, 0) is 23.3 Å². The van der Waals surface area contributed by atoms with Gasteiger partial charge in [0.1, 0.15) is 5.75 Å². The molecule has 0 aliphatic rings. The largest absolute Gasteiger partial charge is 0.507 e. The summed E-state index contributed by atoms with van der Waals surface area (Å²) in [5.74, 6) is -0.116. The van der Waals surface area contributed by atoms with Gasteiger partial charge in [-0.15, -0.1) is 0 Å². The fourth-order valence-corrected chi connectivity index (χ4v) is 1.57. The Morgan fingerprint density at radius 1 is 0.812 bits per heavy atom. The summed E-state index contributed by atoms with van der Waals surface area (Å²) in [7, 11) is 0. The van der Waals surface area contributed by atoms with E-state index < -0.39 is 6.29 Å². The number of aliphatic hydroxyl groups is 2. The van der Waals surface area contributed by atoms with E-state index in [0.29, 0.717) is 0 Å². The van der Waals surface area contributed by atoms with Crippen LogP contribution in [-0.4, -0.2) is 15.3 Å². The first-order chi connectivity index (χ1) is 7.68. The molecule has 0 saturated carbocycles. The van der Waals surface area contributed by atoms with E-state index >= 15 is 0 Å². The van der Waals surface area contributed by atoms with Crippen molar-refractivity contribution < 1.29 is 15.3 Å². The van der Waals surface area contributed by atoms with Gasteiger partial charge < -0.3 is 15.3 Å². The molecule has 2 aromatic carbocycles. The minimum Gasteiger partial charge on any atom is -0.507 e. The number of phenolic OH excluding ortho intramolecular Hbond substituents is 1. The van der Waals surface area contributed by atoms with Crippen molar-refractivity contribution in [3.8, 4) is 16.9 Å². The second kappa shape index (κ2) is 4.35. The molecule has 0 bridgehead atoms. The summed E-state index contributed by atoms with van der Waals surface area (Å²) in [6.07, 6.45) is -1.66. The van der Waals surface area contributed by atoms with Crippen LogP contribution in [0.2, 0.25) is 0 Å². The minimum atomic E-state index is -1.66. The SMILES string of the molecule is Oc1ccc(-c2ccccc2)cc1C(O)O. The third kappa shape index (κ3) is 2.05. The van der Waals surface area contributed by atoms with Crippen LogP contribution in [0.15, 0.2) is 48.5 Å². The summed E-state index contributed by atoms with van der Waals surface area (Å²) < 4.78 is 0. The molecule has 0 unspecified atom stereocenters. The zero-order valence-corrected chi connectivity index (χ0v) is 8.54. The highest BCUT2D eigenvalue weighted by atomic mass is 16.5. The second-order valence-corrected chi connectivity index (χ2v) is 3.51. The molecule has 16 heavy (non-hydrogen) atoms. The summed E-state index contributed by atoms with van der Waals surface area (Å²) >= 11 is 0. The van der Waals surface area contributed by atoms with Crippen LogP contribution in [0.25, 0.3) is 11.1 Å². The maximum atomic E-state index is 9.43. The van der Waals surface area contributed by atoms with Crippen molar-refractivity contribution in [3.63, 3.8) is 0 Å². The van der Waals surface area contributed by atoms with E-state index in [-0.39, 0.29) is 11.3 Å². The summed E-state index contributed by atoms with van der Waals surface area (Å²) in [5, 5.41) is 27.6. The first kappa shape index (κ1) is 10.7. The topological polar surface area (TPSA) is 60.7 Å². The van der Waals surface area contributed by atoms with Crippen molar-refractivity contribution in [1.82, 2.24) is 0 Å². The molecule has 2 rings (SSSR count). The summed E-state index contributed by atoms with van der Waals surface area (Å²) in [6.45, 7) is 0. The van der Waals surface area contributed by atoms with Crippen molar-refractivity contribution in [2.45, 2.75) is 6.29 Å². The van der Waals surface area contributed by atoms with Gasteiger partial charge in [0.15, 0.2) is 6.29 Å². The first-order valence-corrected chi connectivity index (χ1v) is 4.93. The molecule has 0 aliphatic carbocycles. The summed E-state index contributed by atoms with van der Waals surface area (Å²) in [5.41, 5.74) is 1.91. The van der Waals surface area contributed by atoms with Gasteiger partial charge in [0, 0.05) is 5.56 Å². The Labute approximate surface area is 93.2 Å². The number of rotatable bonds is 2. The smallest absolute Gasteiger partial charge is 0.182 e. The van der Waals surface area contributed by atoms with E-state index in [1.165, 1.54) is 6.07 Å². The molecular weight excluding hydrogens is 204 g/mol. The van der Waals surface area contributed by atoms with Crippen LogP contribution in [0.5, 0.6) is 5.75 Å². The highest BCUT2D eigenvalue weighted by Gasteiger charge is 2.10. The third-order valence-corrected chi connectivity index (χ3v) is 2.41. The fraction of sp³-hybridized carbons (Fsp3) is 0.0769. The molecule has 2 aromatic rings. The van der Waals surface area contributed by atoms with Crippen LogP contribution in [0.3, 0.4) is 0 Å². The van der Waals surface area contributed by atoms with Crippen LogP contribution in [0, 0.1) is 0 Å². The maximum Gasteiger partial charge on any atom is 0.182 e. The molecule has 0 radical (unpaired) electrons. The Kier molecular flexibility index (Phi) is 2.90. The molecular formula is C13H12O3. The van der Waals surface area contributed by atoms with E-state index in [2.05, 4.69) is 0 Å². The fourth-order valence-electron chi connectivity index (χ4n) is 1.57. The standard InChI is InChI=1S/C13H12O3/c14-12-7-6-10(8-11(12)13(15)16)9-4-2-1-3-5-9/h1-8,13-16H. The molecule has 82 valence electrons. The van der Waals surface area contributed by atoms with Gasteiger partial charge in [0.2, 0.25) is 0 Å². The van der Waals surface area contributed by atoms with Gasteiger partial charge in [0.05, 0.1) is 0 Å². The highest BCUT2D eigenvalue weighted by molar-refractivity contribution is 5.65. The molecule has 0 saturated heterocycles. The lowest BCUT2D eigenvalue weighted by Gasteiger charge is -2.09. The lowest BCUT2D eigenvalue weighted by molar-refractivity contribution is -0.0438. The van der Waals surface area contributed by atoms with Crippen molar-refractivity contribution in [3.05, 3.63) is 54.1 Å². The molecule has 3 heteroatoms. The summed E-state index contributed by atoms with van der Waals surface area (Å²) in [4.78, 5) is 0. The monoisotopic (exact) mass is 216 g/mol. The average molecular weight is 216 g/mol. The number of phenols is 1. The quantitative estimate of drug-likeness (QED) is 0.673. The van der Waals surface area contributed by atoms with Crippen LogP contribution < -0.4 is 0 Å². The molecule has 0 aromatic heterocycles. The van der Waals surface area contributed by atoms with Crippen molar-refractivity contribution in [1.29, 1.82) is 0 Å². The highest BCUT2D eigenvalue weighted by Crippen LogP contribution is 2.28. The Hall–Kier alpha value is -1.84. The molecule has 3 N–H and O–H groups in total. The van der Waals surface area contributed by atoms with E-state index in [1.54, 1.807) is 12.1 Å². The van der Waals surface area contributed by atoms with Gasteiger partial charge in [-0.3, -0.25) is 0 Å². The lowest BCUT2D eigenvalue weighted by atomic mass is 10.0. The van der Waals surface area contributed by atoms with Gasteiger partial charge >= 0.3 is 0 Å². The molecule has 3 nitrogen and oxygen atoms in total. The van der Waals surface area contributed by atoms with Crippen molar-refractivity contribution in [2.75, 3.05) is 0 Å². The zero-order chi connectivity index (χ0) is 11.5. The Morgan fingerprint density at radius 3 is 2.12 bits per heavy atom.